The fourth-order valence-electron chi connectivity index (χ4n) is 3.89. The van der Waals surface area contributed by atoms with E-state index in [1.165, 1.54) is 6.07 Å². The van der Waals surface area contributed by atoms with Crippen molar-refractivity contribution in [3.63, 3.8) is 0 Å². The van der Waals surface area contributed by atoms with Gasteiger partial charge in [0.15, 0.2) is 5.82 Å². The number of hydrazine groups is 1. The number of anilines is 2. The lowest BCUT2D eigenvalue weighted by Gasteiger charge is -2.26. The smallest absolute Gasteiger partial charge is 0.426 e. The van der Waals surface area contributed by atoms with Gasteiger partial charge in [-0.1, -0.05) is 0 Å². The van der Waals surface area contributed by atoms with Crippen LogP contribution in [-0.2, 0) is 28.5 Å². The van der Waals surface area contributed by atoms with Crippen molar-refractivity contribution in [2.24, 2.45) is 0 Å². The lowest BCUT2D eigenvalue weighted by Crippen LogP contribution is -2.49. The topological polar surface area (TPSA) is 220 Å². The Kier molecular flexibility index (Phi) is 17.3. The number of unbranched alkanes of at least 4 members (excludes halogenated alkanes) is 1. The highest BCUT2D eigenvalue weighted by Crippen LogP contribution is 2.16. The fraction of sp³-hybridized carbons (Fsp3) is 0.655. The van der Waals surface area contributed by atoms with E-state index < -0.39 is 47.7 Å². The molecule has 0 spiro atoms. The Morgan fingerprint density at radius 1 is 0.894 bits per heavy atom. The summed E-state index contributed by atoms with van der Waals surface area (Å²) in [5.41, 5.74) is 4.20. The predicted molar refractivity (Wildman–Crippen MR) is 169 cm³/mol. The van der Waals surface area contributed by atoms with Crippen LogP contribution in [0, 0.1) is 0 Å². The molecule has 1 atom stereocenters. The Morgan fingerprint density at radius 2 is 1.51 bits per heavy atom. The van der Waals surface area contributed by atoms with Crippen molar-refractivity contribution in [2.75, 3.05) is 56.8 Å². The Morgan fingerprint density at radius 3 is 2.04 bits per heavy atom. The van der Waals surface area contributed by atoms with Gasteiger partial charge >= 0.3 is 24.2 Å². The van der Waals surface area contributed by atoms with Gasteiger partial charge in [-0.25, -0.2) is 29.6 Å². The molecule has 0 aliphatic heterocycles. The van der Waals surface area contributed by atoms with Gasteiger partial charge in [-0.3, -0.25) is 15.0 Å². The highest BCUT2D eigenvalue weighted by molar-refractivity contribution is 5.96. The number of ether oxygens (including phenoxy) is 4. The molecule has 18 nitrogen and oxygen atoms in total. The molecule has 0 bridgehead atoms. The number of aromatic nitrogens is 2. The third kappa shape index (κ3) is 14.4. The third-order valence-corrected chi connectivity index (χ3v) is 6.03. The molecule has 1 rings (SSSR count). The highest BCUT2D eigenvalue weighted by atomic mass is 16.6. The first kappa shape index (κ1) is 40.1. The zero-order chi connectivity index (χ0) is 35.6. The molecule has 0 aromatic carbocycles. The van der Waals surface area contributed by atoms with Crippen LogP contribution in [0.2, 0.25) is 0 Å². The molecular weight excluding hydrogens is 620 g/mol. The van der Waals surface area contributed by atoms with Gasteiger partial charge in [0, 0.05) is 25.7 Å². The van der Waals surface area contributed by atoms with Gasteiger partial charge in [-0.15, -0.1) is 0 Å². The Labute approximate surface area is 274 Å². The third-order valence-electron chi connectivity index (χ3n) is 6.03. The Balaban J connectivity index is 2.79. The summed E-state index contributed by atoms with van der Waals surface area (Å²) in [5, 5.41) is 5.15. The molecule has 0 aliphatic rings. The van der Waals surface area contributed by atoms with E-state index in [2.05, 4.69) is 31.5 Å². The molecule has 18 heteroatoms. The predicted octanol–water partition coefficient (Wildman–Crippen LogP) is 2.35. The summed E-state index contributed by atoms with van der Waals surface area (Å²) < 4.78 is 19.8. The van der Waals surface area contributed by atoms with Gasteiger partial charge in [-0.2, -0.15) is 9.88 Å². The molecule has 5 amide bonds. The number of carbonyl (C=O) groups is 6. The number of hydrogen-bond donors (Lipinski definition) is 4. The van der Waals surface area contributed by atoms with Crippen molar-refractivity contribution in [3.8, 4) is 0 Å². The quantitative estimate of drug-likeness (QED) is 0.0811. The summed E-state index contributed by atoms with van der Waals surface area (Å²) in [7, 11) is 1.13. The summed E-state index contributed by atoms with van der Waals surface area (Å²) >= 11 is 0. The number of imide groups is 1. The minimum atomic E-state index is -1.29. The molecule has 4 N–H and O–H groups in total. The zero-order valence-corrected chi connectivity index (χ0v) is 28.4. The Hall–Kier alpha value is -4.90. The molecule has 0 aliphatic carbocycles. The standard InChI is InChI=1S/C29H48N8O10/c1-9-36(10-2)25-32-19(17-21(33-25)34-35-26(41)47-29(5,6)7)23(39)31-18-22(38)30-16-14-13-15-20(24(40)44-8)37(27(42)45-11-3)28(43)46-12-4/h17,20H,9-16,18H2,1-8H3,(H,30,38)(H,31,39)(H,35,41)(H,32,33,34)/t20-/m0/s1. The van der Waals surface area contributed by atoms with Crippen LogP contribution in [0.1, 0.15) is 78.2 Å². The molecule has 0 unspecified atom stereocenters. The molecular formula is C29H48N8O10. The second-order valence-corrected chi connectivity index (χ2v) is 10.7. The normalized spacial score (nSPS) is 11.3. The number of methoxy groups -OCH3 is 1. The van der Waals surface area contributed by atoms with E-state index in [1.807, 2.05) is 13.8 Å². The molecule has 1 aromatic heterocycles. The van der Waals surface area contributed by atoms with Crippen LogP contribution >= 0.6 is 0 Å². The summed E-state index contributed by atoms with van der Waals surface area (Å²) in [6, 6.07) is 0.0199. The zero-order valence-electron chi connectivity index (χ0n) is 28.4. The average Bonchev–Trinajstić information content (AvgIpc) is 3.01. The van der Waals surface area contributed by atoms with Crippen molar-refractivity contribution in [2.45, 2.75) is 79.4 Å². The van der Waals surface area contributed by atoms with Crippen molar-refractivity contribution in [1.29, 1.82) is 0 Å². The van der Waals surface area contributed by atoms with Crippen molar-refractivity contribution >= 4 is 47.8 Å². The fourth-order valence-corrected chi connectivity index (χ4v) is 3.89. The van der Waals surface area contributed by atoms with Crippen LogP contribution in [0.4, 0.5) is 26.1 Å². The largest absolute Gasteiger partial charge is 0.467 e. The van der Waals surface area contributed by atoms with Crippen molar-refractivity contribution in [1.82, 2.24) is 30.9 Å². The molecule has 47 heavy (non-hydrogen) atoms. The van der Waals surface area contributed by atoms with Gasteiger partial charge in [0.2, 0.25) is 11.9 Å². The molecule has 1 aromatic rings. The molecule has 1 heterocycles. The van der Waals surface area contributed by atoms with Gasteiger partial charge < -0.3 is 34.5 Å². The monoisotopic (exact) mass is 668 g/mol. The first-order valence-corrected chi connectivity index (χ1v) is 15.4. The lowest BCUT2D eigenvalue weighted by molar-refractivity contribution is -0.146. The maximum Gasteiger partial charge on any atom is 0.426 e. The van der Waals surface area contributed by atoms with E-state index in [-0.39, 0.29) is 50.2 Å². The number of carbonyl (C=O) groups excluding carboxylic acids is 6. The van der Waals surface area contributed by atoms with Gasteiger partial charge in [0.25, 0.3) is 5.91 Å². The van der Waals surface area contributed by atoms with E-state index in [1.54, 1.807) is 39.5 Å². The van der Waals surface area contributed by atoms with Crippen LogP contribution in [-0.4, -0.2) is 109 Å². The Bertz CT molecular complexity index is 1200. The van der Waals surface area contributed by atoms with E-state index in [0.717, 1.165) is 7.11 Å². The van der Waals surface area contributed by atoms with Gasteiger partial charge in [0.1, 0.15) is 17.3 Å². The minimum absolute atomic E-state index is 0.0249. The van der Waals surface area contributed by atoms with Crippen LogP contribution in [0.3, 0.4) is 0 Å². The number of nitrogens with one attached hydrogen (secondary N) is 4. The molecule has 0 radical (unpaired) electrons. The number of amides is 5. The van der Waals surface area contributed by atoms with Crippen LogP contribution < -0.4 is 26.4 Å². The lowest BCUT2D eigenvalue weighted by atomic mass is 10.1. The SMILES string of the molecule is CCOC(=O)N(C(=O)OCC)[C@@H](CCCCNC(=O)CNC(=O)c1cc(NNC(=O)OC(C)(C)C)nc(N(CC)CC)n1)C(=O)OC. The maximum absolute atomic E-state index is 12.9. The second-order valence-electron chi connectivity index (χ2n) is 10.7. The minimum Gasteiger partial charge on any atom is -0.467 e. The number of rotatable bonds is 17. The summed E-state index contributed by atoms with van der Waals surface area (Å²) in [6.45, 7) is 12.9. The summed E-state index contributed by atoms with van der Waals surface area (Å²) in [6.07, 6.45) is -2.13. The molecule has 0 saturated heterocycles. The summed E-state index contributed by atoms with van der Waals surface area (Å²) in [4.78, 5) is 85.7. The van der Waals surface area contributed by atoms with Gasteiger partial charge in [-0.05, 0) is 67.7 Å². The van der Waals surface area contributed by atoms with Crippen molar-refractivity contribution in [3.05, 3.63) is 11.8 Å². The van der Waals surface area contributed by atoms with E-state index in [9.17, 15) is 28.8 Å². The van der Waals surface area contributed by atoms with Gasteiger partial charge in [0.05, 0.1) is 26.9 Å². The van der Waals surface area contributed by atoms with Crippen molar-refractivity contribution < 1.29 is 47.7 Å². The number of nitrogens with zero attached hydrogens (tertiary/aromatic N) is 4. The van der Waals surface area contributed by atoms with E-state index in [4.69, 9.17) is 18.9 Å². The second kappa shape index (κ2) is 20.3. The molecule has 264 valence electrons. The maximum atomic E-state index is 12.9. The molecule has 0 fully saturated rings. The summed E-state index contributed by atoms with van der Waals surface area (Å²) in [5.74, 6) is -1.63. The molecule has 0 saturated carbocycles. The van der Waals surface area contributed by atoms with Crippen LogP contribution in [0.5, 0.6) is 0 Å². The van der Waals surface area contributed by atoms with E-state index in [0.29, 0.717) is 30.8 Å². The number of hydrogen-bond acceptors (Lipinski definition) is 14. The number of esters is 1. The van der Waals surface area contributed by atoms with Crippen LogP contribution in [0.15, 0.2) is 6.07 Å². The average molecular weight is 669 g/mol. The first-order valence-electron chi connectivity index (χ1n) is 15.4. The first-order chi connectivity index (χ1) is 22.2. The van der Waals surface area contributed by atoms with E-state index >= 15 is 0 Å². The highest BCUT2D eigenvalue weighted by Gasteiger charge is 2.37. The van der Waals surface area contributed by atoms with Crippen LogP contribution in [0.25, 0.3) is 0 Å².